The lowest BCUT2D eigenvalue weighted by atomic mass is 10.1. The second kappa shape index (κ2) is 20.3. The molecule has 0 aromatic carbocycles. The van der Waals surface area contributed by atoms with Gasteiger partial charge in [0, 0.05) is 53.9 Å². The highest BCUT2D eigenvalue weighted by atomic mass is 35.5. The average molecular weight is 538 g/mol. The van der Waals surface area contributed by atoms with E-state index in [1.165, 1.54) is 57.8 Å². The number of hydrogen-bond donors (Lipinski definition) is 6. The Hall–Kier alpha value is -1.94. The first-order valence-corrected chi connectivity index (χ1v) is 12.5. The van der Waals surface area contributed by atoms with Gasteiger partial charge in [-0.2, -0.15) is 0 Å². The monoisotopic (exact) mass is 536 g/mol. The van der Waals surface area contributed by atoms with Crippen molar-refractivity contribution in [3.8, 4) is 0 Å². The lowest BCUT2D eigenvalue weighted by Gasteiger charge is -2.37. The Bertz CT molecular complexity index is 621. The van der Waals surface area contributed by atoms with Gasteiger partial charge in [0.15, 0.2) is 23.8 Å². The van der Waals surface area contributed by atoms with Gasteiger partial charge in [-0.25, -0.2) is 0 Å². The van der Waals surface area contributed by atoms with E-state index in [9.17, 15) is 0 Å². The summed E-state index contributed by atoms with van der Waals surface area (Å²) in [6.45, 7) is 5.46. The third kappa shape index (κ3) is 14.9. The highest BCUT2D eigenvalue weighted by molar-refractivity contribution is 5.96. The third-order valence-electron chi connectivity index (χ3n) is 6.06. The molecule has 0 spiro atoms. The van der Waals surface area contributed by atoms with Crippen LogP contribution in [0.1, 0.15) is 71.1 Å². The zero-order valence-electron chi connectivity index (χ0n) is 22.2. The van der Waals surface area contributed by atoms with Gasteiger partial charge in [-0.1, -0.05) is 64.7 Å². The minimum absolute atomic E-state index is 0. The maximum absolute atomic E-state index is 8.32. The molecule has 35 heavy (non-hydrogen) atoms. The van der Waals surface area contributed by atoms with Crippen molar-refractivity contribution in [3.05, 3.63) is 0 Å². The van der Waals surface area contributed by atoms with E-state index in [2.05, 4.69) is 17.6 Å². The van der Waals surface area contributed by atoms with Crippen LogP contribution in [0.2, 0.25) is 0 Å². The summed E-state index contributed by atoms with van der Waals surface area (Å²) in [5.74, 6) is 0.870. The Morgan fingerprint density at radius 2 is 1.00 bits per heavy atom. The fourth-order valence-electron chi connectivity index (χ4n) is 3.69. The maximum atomic E-state index is 8.32. The van der Waals surface area contributed by atoms with E-state index in [1.54, 1.807) is 19.0 Å². The van der Waals surface area contributed by atoms with E-state index in [1.807, 2.05) is 21.7 Å². The molecular weight excluding hydrogens is 487 g/mol. The topological polar surface area (TPSA) is 132 Å². The number of nitrogens with zero attached hydrogens (tertiary/aromatic N) is 4. The van der Waals surface area contributed by atoms with Crippen molar-refractivity contribution >= 4 is 48.7 Å². The minimum Gasteiger partial charge on any atom is -0.349 e. The summed E-state index contributed by atoms with van der Waals surface area (Å²) in [4.78, 5) is 7.25. The molecule has 1 aliphatic heterocycles. The molecule has 1 fully saturated rings. The molecule has 10 nitrogen and oxygen atoms in total. The molecule has 0 atom stereocenters. The van der Waals surface area contributed by atoms with Crippen LogP contribution in [0.25, 0.3) is 0 Å². The van der Waals surface area contributed by atoms with Crippen molar-refractivity contribution in [2.45, 2.75) is 71.1 Å². The number of nitrogens with one attached hydrogen (secondary N) is 6. The van der Waals surface area contributed by atoms with Gasteiger partial charge in [-0.05, 0) is 6.42 Å². The Morgan fingerprint density at radius 1 is 0.629 bits per heavy atom. The normalized spacial score (nSPS) is 12.7. The van der Waals surface area contributed by atoms with Gasteiger partial charge < -0.3 is 19.6 Å². The maximum Gasteiger partial charge on any atom is 0.198 e. The predicted octanol–water partition coefficient (Wildman–Crippen LogP) is 3.78. The highest BCUT2D eigenvalue weighted by Gasteiger charge is 2.22. The molecule has 0 bridgehead atoms. The second-order valence-electron chi connectivity index (χ2n) is 9.12. The Labute approximate surface area is 225 Å². The molecular formula is C23H50Cl2N10. The van der Waals surface area contributed by atoms with E-state index in [-0.39, 0.29) is 48.7 Å². The number of guanidine groups is 4. The van der Waals surface area contributed by atoms with Crippen LogP contribution >= 0.6 is 24.8 Å². The summed E-state index contributed by atoms with van der Waals surface area (Å²) in [5.41, 5.74) is 0. The van der Waals surface area contributed by atoms with Gasteiger partial charge in [-0.3, -0.25) is 32.3 Å². The number of piperazine rings is 1. The minimum atomic E-state index is 0. The summed E-state index contributed by atoms with van der Waals surface area (Å²) in [5, 5.41) is 38.2. The van der Waals surface area contributed by atoms with Gasteiger partial charge in [0.05, 0.1) is 0 Å². The van der Waals surface area contributed by atoms with E-state index in [0.717, 1.165) is 13.0 Å². The standard InChI is InChI=1S/C23H48N10.2ClH/c1-5-6-7-8-9-10-11-12-13-14-15-31(4)21(25)29-23(27)33-18-16-32(17-19-33)22(26)28-20(24)30(2)3;;/h5-19H2,1-4H3,(H3,24,26,28)(H3,25,27,29);2*1H. The van der Waals surface area contributed by atoms with Crippen molar-refractivity contribution in [1.82, 2.24) is 30.2 Å². The Kier molecular flexibility index (Phi) is 20.4. The van der Waals surface area contributed by atoms with Crippen molar-refractivity contribution in [1.29, 1.82) is 21.6 Å². The van der Waals surface area contributed by atoms with Gasteiger partial charge in [-0.15, -0.1) is 24.8 Å². The number of unbranched alkanes of at least 4 members (excludes halogenated alkanes) is 9. The van der Waals surface area contributed by atoms with Crippen LogP contribution in [-0.2, 0) is 0 Å². The SMILES string of the molecule is CCCCCCCCCCCCN(C)C(=N)NC(=N)N1CCN(C(=N)NC(=N)N(C)C)CC1.Cl.Cl. The van der Waals surface area contributed by atoms with Crippen LogP contribution in [-0.4, -0.2) is 97.3 Å². The van der Waals surface area contributed by atoms with Crippen molar-refractivity contribution in [2.75, 3.05) is 53.9 Å². The van der Waals surface area contributed by atoms with E-state index in [0.29, 0.717) is 26.2 Å². The van der Waals surface area contributed by atoms with Crippen LogP contribution in [0.15, 0.2) is 0 Å². The lowest BCUT2D eigenvalue weighted by Crippen LogP contribution is -2.58. The molecule has 0 aliphatic carbocycles. The quantitative estimate of drug-likeness (QED) is 0.135. The molecule has 1 aliphatic rings. The van der Waals surface area contributed by atoms with E-state index >= 15 is 0 Å². The first-order valence-electron chi connectivity index (χ1n) is 12.5. The fraction of sp³-hybridized carbons (Fsp3) is 0.826. The number of halogens is 2. The summed E-state index contributed by atoms with van der Waals surface area (Å²) >= 11 is 0. The molecule has 0 unspecified atom stereocenters. The van der Waals surface area contributed by atoms with Crippen LogP contribution in [0.4, 0.5) is 0 Å². The van der Waals surface area contributed by atoms with Crippen molar-refractivity contribution < 1.29 is 0 Å². The highest BCUT2D eigenvalue weighted by Crippen LogP contribution is 2.10. The van der Waals surface area contributed by atoms with Gasteiger partial charge in [0.25, 0.3) is 0 Å². The van der Waals surface area contributed by atoms with Crippen LogP contribution in [0.3, 0.4) is 0 Å². The smallest absolute Gasteiger partial charge is 0.198 e. The van der Waals surface area contributed by atoms with Crippen LogP contribution in [0, 0.1) is 21.6 Å². The zero-order chi connectivity index (χ0) is 24.6. The van der Waals surface area contributed by atoms with Gasteiger partial charge in [0.2, 0.25) is 0 Å². The first-order chi connectivity index (χ1) is 15.8. The molecule has 1 saturated heterocycles. The summed E-state index contributed by atoms with van der Waals surface area (Å²) < 4.78 is 0. The molecule has 1 heterocycles. The zero-order valence-corrected chi connectivity index (χ0v) is 23.8. The second-order valence-corrected chi connectivity index (χ2v) is 9.12. The molecule has 0 aromatic heterocycles. The average Bonchev–Trinajstić information content (AvgIpc) is 2.79. The first kappa shape index (κ1) is 35.2. The van der Waals surface area contributed by atoms with Gasteiger partial charge >= 0.3 is 0 Å². The van der Waals surface area contributed by atoms with Gasteiger partial charge in [0.1, 0.15) is 0 Å². The lowest BCUT2D eigenvalue weighted by molar-refractivity contribution is 0.249. The molecule has 0 radical (unpaired) electrons. The summed E-state index contributed by atoms with van der Waals surface area (Å²) in [7, 11) is 5.42. The van der Waals surface area contributed by atoms with Crippen molar-refractivity contribution in [2.24, 2.45) is 0 Å². The summed E-state index contributed by atoms with van der Waals surface area (Å²) in [6.07, 6.45) is 13.0. The third-order valence-corrected chi connectivity index (χ3v) is 6.06. The van der Waals surface area contributed by atoms with Crippen molar-refractivity contribution in [3.63, 3.8) is 0 Å². The molecule has 0 amide bonds. The Balaban J connectivity index is 0. The van der Waals surface area contributed by atoms with E-state index < -0.39 is 0 Å². The molecule has 206 valence electrons. The van der Waals surface area contributed by atoms with Crippen LogP contribution in [0.5, 0.6) is 0 Å². The Morgan fingerprint density at radius 3 is 1.40 bits per heavy atom. The largest absolute Gasteiger partial charge is 0.349 e. The van der Waals surface area contributed by atoms with Crippen LogP contribution < -0.4 is 10.6 Å². The molecule has 12 heteroatoms. The number of rotatable bonds is 11. The molecule has 0 saturated carbocycles. The summed E-state index contributed by atoms with van der Waals surface area (Å²) in [6, 6.07) is 0. The van der Waals surface area contributed by atoms with E-state index in [4.69, 9.17) is 21.6 Å². The number of hydrogen-bond acceptors (Lipinski definition) is 4. The fourth-order valence-corrected chi connectivity index (χ4v) is 3.69. The molecule has 0 aromatic rings. The molecule has 6 N–H and O–H groups in total. The molecule has 1 rings (SSSR count). The predicted molar refractivity (Wildman–Crippen MR) is 153 cm³/mol.